The summed E-state index contributed by atoms with van der Waals surface area (Å²) in [6.07, 6.45) is 0. The van der Waals surface area contributed by atoms with Gasteiger partial charge in [0.1, 0.15) is 6.04 Å². The van der Waals surface area contributed by atoms with Crippen LogP contribution in [0.2, 0.25) is 0 Å². The van der Waals surface area contributed by atoms with Gasteiger partial charge >= 0.3 is 5.97 Å². The number of hydrogen-bond donors (Lipinski definition) is 2. The van der Waals surface area contributed by atoms with Gasteiger partial charge in [-0.3, -0.25) is 4.79 Å². The molecule has 0 bridgehead atoms. The number of benzene rings is 1. The molecular weight excluding hydrogens is 347 g/mol. The second-order valence-electron chi connectivity index (χ2n) is 3.64. The fourth-order valence-corrected chi connectivity index (χ4v) is 1.98. The van der Waals surface area contributed by atoms with Crippen molar-refractivity contribution in [3.63, 3.8) is 0 Å². The predicted molar refractivity (Wildman–Crippen MR) is 77.3 cm³/mol. The van der Waals surface area contributed by atoms with Crippen molar-refractivity contribution >= 4 is 40.2 Å². The van der Waals surface area contributed by atoms with Crippen LogP contribution in [0.4, 0.5) is 5.69 Å². The van der Waals surface area contributed by atoms with Gasteiger partial charge in [-0.1, -0.05) is 12.1 Å². The number of halogens is 1. The number of rotatable bonds is 5. The van der Waals surface area contributed by atoms with Crippen LogP contribution in [0.1, 0.15) is 6.92 Å². The Morgan fingerprint density at radius 1 is 1.39 bits per heavy atom. The Hall–Kier alpha value is -1.31. The molecule has 0 saturated carbocycles. The maximum absolute atomic E-state index is 11.5. The summed E-state index contributed by atoms with van der Waals surface area (Å²) in [5.74, 6) is -0.737. The van der Waals surface area contributed by atoms with Crippen molar-refractivity contribution in [1.29, 1.82) is 0 Å². The molecule has 1 amide bonds. The molecule has 5 nitrogen and oxygen atoms in total. The highest BCUT2D eigenvalue weighted by Crippen LogP contribution is 2.16. The van der Waals surface area contributed by atoms with E-state index in [2.05, 4.69) is 38.0 Å². The lowest BCUT2D eigenvalue weighted by molar-refractivity contribution is -0.144. The molecule has 1 unspecified atom stereocenters. The molecule has 0 radical (unpaired) electrons. The number of anilines is 1. The summed E-state index contributed by atoms with van der Waals surface area (Å²) >= 11 is 2.19. The second-order valence-corrected chi connectivity index (χ2v) is 4.80. The third-order valence-electron chi connectivity index (χ3n) is 2.23. The van der Waals surface area contributed by atoms with Crippen LogP contribution >= 0.6 is 22.6 Å². The minimum Gasteiger partial charge on any atom is -0.467 e. The predicted octanol–water partition coefficient (Wildman–Crippen LogP) is 1.38. The average molecular weight is 362 g/mol. The van der Waals surface area contributed by atoms with E-state index < -0.39 is 12.0 Å². The van der Waals surface area contributed by atoms with Gasteiger partial charge in [0.15, 0.2) is 0 Å². The highest BCUT2D eigenvalue weighted by Gasteiger charge is 2.19. The maximum atomic E-state index is 11.5. The van der Waals surface area contributed by atoms with Crippen molar-refractivity contribution in [3.8, 4) is 0 Å². The Labute approximate surface area is 119 Å². The number of amides is 1. The SMILES string of the molecule is COC(=O)C(CNc1ccccc1I)NC(C)=O. The molecule has 0 fully saturated rings. The second kappa shape index (κ2) is 7.20. The Bertz CT molecular complexity index is 437. The fraction of sp³-hybridized carbons (Fsp3) is 0.333. The zero-order valence-corrected chi connectivity index (χ0v) is 12.4. The van der Waals surface area contributed by atoms with Gasteiger partial charge in [0.25, 0.3) is 0 Å². The summed E-state index contributed by atoms with van der Waals surface area (Å²) in [6.45, 7) is 1.65. The average Bonchev–Trinajstić information content (AvgIpc) is 2.34. The lowest BCUT2D eigenvalue weighted by Gasteiger charge is -2.17. The first kappa shape index (κ1) is 14.7. The molecule has 1 rings (SSSR count). The Balaban J connectivity index is 2.64. The quantitative estimate of drug-likeness (QED) is 0.614. The van der Waals surface area contributed by atoms with E-state index in [0.717, 1.165) is 9.26 Å². The first-order valence-corrected chi connectivity index (χ1v) is 6.45. The summed E-state index contributed by atoms with van der Waals surface area (Å²) < 4.78 is 5.68. The number of methoxy groups -OCH3 is 1. The molecule has 0 aliphatic rings. The molecule has 0 saturated heterocycles. The first-order valence-electron chi connectivity index (χ1n) is 5.38. The summed E-state index contributed by atoms with van der Waals surface area (Å²) in [7, 11) is 1.30. The van der Waals surface area contributed by atoms with Gasteiger partial charge in [-0.05, 0) is 34.7 Å². The van der Waals surface area contributed by atoms with Crippen LogP contribution < -0.4 is 10.6 Å². The normalized spacial score (nSPS) is 11.5. The number of carbonyl (C=O) groups is 2. The van der Waals surface area contributed by atoms with E-state index >= 15 is 0 Å². The summed E-state index contributed by atoms with van der Waals surface area (Å²) in [6, 6.07) is 7.00. The zero-order valence-electron chi connectivity index (χ0n) is 10.2. The molecule has 1 aromatic rings. The first-order chi connectivity index (χ1) is 8.54. The third-order valence-corrected chi connectivity index (χ3v) is 3.17. The topological polar surface area (TPSA) is 67.4 Å². The standard InChI is InChI=1S/C12H15IN2O3/c1-8(16)15-11(12(17)18-2)7-14-10-6-4-3-5-9(10)13/h3-6,11,14H,7H2,1-2H3,(H,15,16). The van der Waals surface area contributed by atoms with E-state index in [0.29, 0.717) is 0 Å². The van der Waals surface area contributed by atoms with Crippen LogP contribution in [0.3, 0.4) is 0 Å². The molecule has 0 aromatic heterocycles. The number of ether oxygens (including phenoxy) is 1. The lowest BCUT2D eigenvalue weighted by Crippen LogP contribution is -2.45. The fourth-order valence-electron chi connectivity index (χ4n) is 1.40. The van der Waals surface area contributed by atoms with Crippen molar-refractivity contribution in [2.75, 3.05) is 19.0 Å². The monoisotopic (exact) mass is 362 g/mol. The third kappa shape index (κ3) is 4.52. The maximum Gasteiger partial charge on any atom is 0.330 e. The van der Waals surface area contributed by atoms with Crippen LogP contribution in [0.25, 0.3) is 0 Å². The molecule has 6 heteroatoms. The molecule has 98 valence electrons. The van der Waals surface area contributed by atoms with Gasteiger partial charge in [0.05, 0.1) is 7.11 Å². The Kier molecular flexibility index (Phi) is 5.90. The largest absolute Gasteiger partial charge is 0.467 e. The molecule has 18 heavy (non-hydrogen) atoms. The van der Waals surface area contributed by atoms with Gasteiger partial charge in [-0.2, -0.15) is 0 Å². The number of nitrogens with one attached hydrogen (secondary N) is 2. The van der Waals surface area contributed by atoms with E-state index in [9.17, 15) is 9.59 Å². The molecule has 0 aliphatic heterocycles. The molecule has 2 N–H and O–H groups in total. The van der Waals surface area contributed by atoms with E-state index in [1.54, 1.807) is 0 Å². The van der Waals surface area contributed by atoms with Crippen LogP contribution in [0.15, 0.2) is 24.3 Å². The molecular formula is C12H15IN2O3. The Morgan fingerprint density at radius 3 is 2.61 bits per heavy atom. The van der Waals surface area contributed by atoms with E-state index in [1.165, 1.54) is 14.0 Å². The summed E-state index contributed by atoms with van der Waals surface area (Å²) in [4.78, 5) is 22.5. The van der Waals surface area contributed by atoms with Gasteiger partial charge in [-0.25, -0.2) is 4.79 Å². The number of carbonyl (C=O) groups excluding carboxylic acids is 2. The highest BCUT2D eigenvalue weighted by atomic mass is 127. The van der Waals surface area contributed by atoms with Crippen LogP contribution in [-0.4, -0.2) is 31.6 Å². The van der Waals surface area contributed by atoms with E-state index in [4.69, 9.17) is 0 Å². The van der Waals surface area contributed by atoms with E-state index in [1.807, 2.05) is 24.3 Å². The van der Waals surface area contributed by atoms with Gasteiger partial charge < -0.3 is 15.4 Å². The van der Waals surface area contributed by atoms with Gasteiger partial charge in [0, 0.05) is 22.7 Å². The highest BCUT2D eigenvalue weighted by molar-refractivity contribution is 14.1. The lowest BCUT2D eigenvalue weighted by atomic mass is 10.2. The molecule has 1 aromatic carbocycles. The van der Waals surface area contributed by atoms with Crippen molar-refractivity contribution < 1.29 is 14.3 Å². The molecule has 1 atom stereocenters. The van der Waals surface area contributed by atoms with Crippen molar-refractivity contribution in [3.05, 3.63) is 27.8 Å². The van der Waals surface area contributed by atoms with E-state index in [-0.39, 0.29) is 12.5 Å². The smallest absolute Gasteiger partial charge is 0.330 e. The minimum atomic E-state index is -0.691. The minimum absolute atomic E-state index is 0.269. The number of para-hydroxylation sites is 1. The van der Waals surface area contributed by atoms with Crippen LogP contribution in [-0.2, 0) is 14.3 Å². The Morgan fingerprint density at radius 2 is 2.06 bits per heavy atom. The van der Waals surface area contributed by atoms with Gasteiger partial charge in [-0.15, -0.1) is 0 Å². The summed E-state index contributed by atoms with van der Waals surface area (Å²) in [5, 5.41) is 5.65. The number of hydrogen-bond acceptors (Lipinski definition) is 4. The van der Waals surface area contributed by atoms with Crippen molar-refractivity contribution in [2.24, 2.45) is 0 Å². The van der Waals surface area contributed by atoms with Crippen molar-refractivity contribution in [2.45, 2.75) is 13.0 Å². The van der Waals surface area contributed by atoms with Crippen LogP contribution in [0.5, 0.6) is 0 Å². The molecule has 0 aliphatic carbocycles. The van der Waals surface area contributed by atoms with Gasteiger partial charge in [0.2, 0.25) is 5.91 Å². The molecule has 0 heterocycles. The van der Waals surface area contributed by atoms with Crippen LogP contribution in [0, 0.1) is 3.57 Å². The summed E-state index contributed by atoms with van der Waals surface area (Å²) in [5.41, 5.74) is 0.914. The number of esters is 1. The van der Waals surface area contributed by atoms with Crippen molar-refractivity contribution in [1.82, 2.24) is 5.32 Å². The zero-order chi connectivity index (χ0) is 13.5. The molecule has 0 spiro atoms.